The normalized spacial score (nSPS) is 24.7. The highest BCUT2D eigenvalue weighted by atomic mass is 35.6. The molecule has 1 aromatic rings. The number of sulfonamides is 1. The van der Waals surface area contributed by atoms with Crippen LogP contribution in [0.5, 0.6) is 0 Å². The zero-order valence-electron chi connectivity index (χ0n) is 8.28. The number of benzene rings is 1. The first-order valence-electron chi connectivity index (χ1n) is 4.57. The van der Waals surface area contributed by atoms with Crippen molar-refractivity contribution >= 4 is 56.4 Å². The van der Waals surface area contributed by atoms with Gasteiger partial charge in [0.1, 0.15) is 0 Å². The standard InChI is InChI=1S/C9H7Cl4NO2S/c10-6-1-3-7(4-2-6)17(15,16)14-5-8(14)9(11,12)13/h1-4,8H,5H2. The van der Waals surface area contributed by atoms with Crippen LogP contribution in [0.4, 0.5) is 0 Å². The molecule has 2 rings (SSSR count). The summed E-state index contributed by atoms with van der Waals surface area (Å²) in [4.78, 5) is 0.138. The molecule has 0 N–H and O–H groups in total. The van der Waals surface area contributed by atoms with Gasteiger partial charge in [0, 0.05) is 11.6 Å². The van der Waals surface area contributed by atoms with E-state index < -0.39 is 19.9 Å². The van der Waals surface area contributed by atoms with Crippen LogP contribution in [0.1, 0.15) is 0 Å². The molecule has 1 fully saturated rings. The van der Waals surface area contributed by atoms with Gasteiger partial charge >= 0.3 is 0 Å². The molecule has 0 spiro atoms. The summed E-state index contributed by atoms with van der Waals surface area (Å²) in [7, 11) is -3.59. The first kappa shape index (κ1) is 13.7. The van der Waals surface area contributed by atoms with E-state index in [0.29, 0.717) is 5.02 Å². The van der Waals surface area contributed by atoms with Gasteiger partial charge in [0.05, 0.1) is 10.9 Å². The molecular formula is C9H7Cl4NO2S. The Morgan fingerprint density at radius 2 is 1.71 bits per heavy atom. The summed E-state index contributed by atoms with van der Waals surface area (Å²) in [6, 6.07) is 5.25. The highest BCUT2D eigenvalue weighted by Gasteiger charge is 2.55. The number of rotatable bonds is 2. The molecule has 3 nitrogen and oxygen atoms in total. The van der Waals surface area contributed by atoms with Gasteiger partial charge in [-0.25, -0.2) is 8.42 Å². The third-order valence-electron chi connectivity index (χ3n) is 2.36. The predicted octanol–water partition coefficient (Wildman–Crippen LogP) is 3.08. The summed E-state index contributed by atoms with van der Waals surface area (Å²) in [5, 5.41) is 0.465. The highest BCUT2D eigenvalue weighted by molar-refractivity contribution is 7.89. The van der Waals surface area contributed by atoms with Gasteiger partial charge < -0.3 is 0 Å². The third kappa shape index (κ3) is 2.83. The average molecular weight is 335 g/mol. The number of hydrogen-bond donors (Lipinski definition) is 0. The molecule has 1 aliphatic rings. The largest absolute Gasteiger partial charge is 0.243 e. The molecule has 94 valence electrons. The summed E-state index contributed by atoms with van der Waals surface area (Å²) in [5.41, 5.74) is 0. The predicted molar refractivity (Wildman–Crippen MR) is 69.4 cm³/mol. The molecule has 1 heterocycles. The second-order valence-electron chi connectivity index (χ2n) is 3.59. The van der Waals surface area contributed by atoms with E-state index >= 15 is 0 Å². The highest BCUT2D eigenvalue weighted by Crippen LogP contribution is 2.44. The first-order chi connectivity index (χ1) is 7.73. The smallest absolute Gasteiger partial charge is 0.207 e. The van der Waals surface area contributed by atoms with E-state index in [1.807, 2.05) is 0 Å². The second kappa shape index (κ2) is 4.44. The van der Waals surface area contributed by atoms with Crippen LogP contribution in [0.3, 0.4) is 0 Å². The van der Waals surface area contributed by atoms with Gasteiger partial charge in [-0.2, -0.15) is 4.31 Å². The van der Waals surface area contributed by atoms with Crippen molar-refractivity contribution in [3.63, 3.8) is 0 Å². The van der Waals surface area contributed by atoms with E-state index in [0.717, 1.165) is 4.31 Å². The third-order valence-corrected chi connectivity index (χ3v) is 5.26. The van der Waals surface area contributed by atoms with Crippen LogP contribution >= 0.6 is 46.4 Å². The van der Waals surface area contributed by atoms with Crippen molar-refractivity contribution in [3.8, 4) is 0 Å². The fourth-order valence-corrected chi connectivity index (χ4v) is 3.84. The number of halogens is 4. The quantitative estimate of drug-likeness (QED) is 0.615. The van der Waals surface area contributed by atoms with Crippen LogP contribution in [-0.4, -0.2) is 29.1 Å². The molecule has 1 aromatic carbocycles. The lowest BCUT2D eigenvalue weighted by atomic mass is 10.4. The molecule has 1 aliphatic heterocycles. The van der Waals surface area contributed by atoms with Crippen LogP contribution in [0.2, 0.25) is 5.02 Å². The fraction of sp³-hybridized carbons (Fsp3) is 0.333. The van der Waals surface area contributed by atoms with Gasteiger partial charge in [0.25, 0.3) is 0 Å². The Morgan fingerprint density at radius 3 is 2.12 bits per heavy atom. The van der Waals surface area contributed by atoms with Gasteiger partial charge in [-0.05, 0) is 24.3 Å². The molecule has 0 radical (unpaired) electrons. The maximum absolute atomic E-state index is 12.1. The molecule has 17 heavy (non-hydrogen) atoms. The Morgan fingerprint density at radius 1 is 1.18 bits per heavy atom. The number of alkyl halides is 3. The Kier molecular flexibility index (Phi) is 3.58. The minimum absolute atomic E-state index is 0.138. The van der Waals surface area contributed by atoms with Crippen molar-refractivity contribution in [2.75, 3.05) is 6.54 Å². The van der Waals surface area contributed by atoms with E-state index in [-0.39, 0.29) is 11.4 Å². The molecule has 0 saturated carbocycles. The lowest BCUT2D eigenvalue weighted by molar-refractivity contribution is 0.552. The van der Waals surface area contributed by atoms with Crippen molar-refractivity contribution in [2.45, 2.75) is 14.7 Å². The van der Waals surface area contributed by atoms with E-state index in [1.165, 1.54) is 24.3 Å². The summed E-state index contributed by atoms with van der Waals surface area (Å²) in [6.45, 7) is 0.210. The molecule has 0 aromatic heterocycles. The SMILES string of the molecule is O=S(=O)(c1ccc(Cl)cc1)N1CC1C(Cl)(Cl)Cl. The van der Waals surface area contributed by atoms with E-state index in [4.69, 9.17) is 46.4 Å². The molecule has 1 saturated heterocycles. The van der Waals surface area contributed by atoms with Crippen molar-refractivity contribution in [2.24, 2.45) is 0 Å². The minimum atomic E-state index is -3.59. The maximum atomic E-state index is 12.1. The van der Waals surface area contributed by atoms with E-state index in [9.17, 15) is 8.42 Å². The lowest BCUT2D eigenvalue weighted by Crippen LogP contribution is -2.22. The molecule has 2 atom stereocenters. The van der Waals surface area contributed by atoms with Crippen LogP contribution in [0.25, 0.3) is 0 Å². The van der Waals surface area contributed by atoms with Gasteiger partial charge in [-0.3, -0.25) is 0 Å². The van der Waals surface area contributed by atoms with Gasteiger partial charge in [-0.1, -0.05) is 46.4 Å². The van der Waals surface area contributed by atoms with Crippen LogP contribution in [-0.2, 0) is 10.0 Å². The lowest BCUT2D eigenvalue weighted by Gasteiger charge is -2.11. The molecule has 8 heteroatoms. The summed E-state index contributed by atoms with van der Waals surface area (Å²) < 4.78 is 23.7. The number of nitrogens with zero attached hydrogens (tertiary/aromatic N) is 1. The minimum Gasteiger partial charge on any atom is -0.207 e. The zero-order chi connectivity index (χ0) is 12.8. The molecular weight excluding hydrogens is 328 g/mol. The van der Waals surface area contributed by atoms with Gasteiger partial charge in [0.2, 0.25) is 13.8 Å². The van der Waals surface area contributed by atoms with Gasteiger partial charge in [-0.15, -0.1) is 0 Å². The van der Waals surface area contributed by atoms with E-state index in [2.05, 4.69) is 0 Å². The molecule has 0 bridgehead atoms. The zero-order valence-corrected chi connectivity index (χ0v) is 12.1. The number of hydrogen-bond acceptors (Lipinski definition) is 2. The molecule has 0 amide bonds. The van der Waals surface area contributed by atoms with Gasteiger partial charge in [0.15, 0.2) is 0 Å². The first-order valence-corrected chi connectivity index (χ1v) is 7.52. The Bertz CT molecular complexity index is 523. The van der Waals surface area contributed by atoms with Crippen LogP contribution in [0.15, 0.2) is 29.2 Å². The van der Waals surface area contributed by atoms with E-state index in [1.54, 1.807) is 0 Å². The molecule has 0 aliphatic carbocycles. The van der Waals surface area contributed by atoms with Crippen molar-refractivity contribution < 1.29 is 8.42 Å². The monoisotopic (exact) mass is 333 g/mol. The fourth-order valence-electron chi connectivity index (χ4n) is 1.40. The van der Waals surface area contributed by atoms with Crippen molar-refractivity contribution in [1.29, 1.82) is 0 Å². The van der Waals surface area contributed by atoms with Crippen molar-refractivity contribution in [1.82, 2.24) is 4.31 Å². The average Bonchev–Trinajstić information content (AvgIpc) is 2.96. The summed E-state index contributed by atoms with van der Waals surface area (Å²) >= 11 is 22.6. The molecule has 2 unspecified atom stereocenters. The second-order valence-corrected chi connectivity index (χ2v) is 8.28. The van der Waals surface area contributed by atoms with Crippen molar-refractivity contribution in [3.05, 3.63) is 29.3 Å². The Labute approximate surface area is 119 Å². The van der Waals surface area contributed by atoms with Crippen LogP contribution in [0, 0.1) is 0 Å². The Hall–Kier alpha value is 0.290. The van der Waals surface area contributed by atoms with Crippen LogP contribution < -0.4 is 0 Å². The summed E-state index contributed by atoms with van der Waals surface area (Å²) in [5.74, 6) is 0. The topological polar surface area (TPSA) is 37.1 Å². The maximum Gasteiger partial charge on any atom is 0.243 e. The Balaban J connectivity index is 2.25. The summed E-state index contributed by atoms with van der Waals surface area (Å²) in [6.07, 6.45) is 0.